The topological polar surface area (TPSA) is 184 Å². The minimum atomic E-state index is -1.01. The third kappa shape index (κ3) is 5.28. The van der Waals surface area contributed by atoms with Gasteiger partial charge in [-0.3, -0.25) is 5.01 Å². The molecule has 0 unspecified atom stereocenters. The molecule has 40 heavy (non-hydrogen) atoms. The third-order valence-electron chi connectivity index (χ3n) is 6.48. The second kappa shape index (κ2) is 10.6. The van der Waals surface area contributed by atoms with Crippen molar-refractivity contribution in [1.82, 2.24) is 4.98 Å². The number of aromatic amines is 1. The molecule has 4 aromatic carbocycles. The van der Waals surface area contributed by atoms with Crippen LogP contribution in [0, 0.1) is 0 Å². The van der Waals surface area contributed by atoms with E-state index in [4.69, 9.17) is 27.5 Å². The minimum absolute atomic E-state index is 0.166. The molecule has 0 spiro atoms. The number of anilines is 2. The summed E-state index contributed by atoms with van der Waals surface area (Å²) in [4.78, 5) is 25.5. The van der Waals surface area contributed by atoms with Crippen molar-refractivity contribution in [1.29, 1.82) is 0 Å². The quantitative estimate of drug-likeness (QED) is 0.109. The van der Waals surface area contributed by atoms with Gasteiger partial charge in [0, 0.05) is 39.9 Å². The molecular formula is C30H26N6O4. The molecule has 0 radical (unpaired) electrons. The molecule has 5 rings (SSSR count). The largest absolute Gasteiger partial charge is 0.478 e. The van der Waals surface area contributed by atoms with Gasteiger partial charge in [-0.05, 0) is 83.9 Å². The summed E-state index contributed by atoms with van der Waals surface area (Å²) >= 11 is 0. The Morgan fingerprint density at radius 2 is 1.18 bits per heavy atom. The number of aromatic carboxylic acids is 2. The van der Waals surface area contributed by atoms with Gasteiger partial charge in [-0.2, -0.15) is 0 Å². The summed E-state index contributed by atoms with van der Waals surface area (Å²) in [6.45, 7) is 0. The molecule has 0 amide bonds. The molecule has 200 valence electrons. The highest BCUT2D eigenvalue weighted by atomic mass is 16.4. The van der Waals surface area contributed by atoms with E-state index in [-0.39, 0.29) is 11.1 Å². The lowest BCUT2D eigenvalue weighted by molar-refractivity contribution is 0.0686. The molecule has 10 heteroatoms. The lowest BCUT2D eigenvalue weighted by Gasteiger charge is -2.15. The monoisotopic (exact) mass is 534 g/mol. The summed E-state index contributed by atoms with van der Waals surface area (Å²) in [5.74, 6) is 4.16. The summed E-state index contributed by atoms with van der Waals surface area (Å²) in [5, 5.41) is 24.5. The van der Waals surface area contributed by atoms with E-state index in [0.717, 1.165) is 32.9 Å². The van der Waals surface area contributed by atoms with Crippen molar-refractivity contribution in [2.24, 2.45) is 17.3 Å². The van der Waals surface area contributed by atoms with Gasteiger partial charge in [-0.15, -0.1) is 0 Å². The molecular weight excluding hydrogens is 508 g/mol. The number of rotatable bonds is 8. The fraction of sp³-hybridized carbons (Fsp3) is 0. The predicted molar refractivity (Wildman–Crippen MR) is 157 cm³/mol. The Labute approximate surface area is 228 Å². The number of aromatic nitrogens is 1. The number of fused-ring (bicyclic) bond motifs is 3. The summed E-state index contributed by atoms with van der Waals surface area (Å²) in [5.41, 5.74) is 18.7. The average molecular weight is 535 g/mol. The van der Waals surface area contributed by atoms with Crippen LogP contribution in [-0.4, -0.2) is 27.1 Å². The summed E-state index contributed by atoms with van der Waals surface area (Å²) in [6.07, 6.45) is 3.24. The van der Waals surface area contributed by atoms with Crippen LogP contribution in [0.4, 0.5) is 11.4 Å². The summed E-state index contributed by atoms with van der Waals surface area (Å²) in [6, 6.07) is 24.2. The molecule has 0 aliphatic rings. The first-order chi connectivity index (χ1) is 19.2. The maximum Gasteiger partial charge on any atom is 0.335 e. The Morgan fingerprint density at radius 1 is 0.700 bits per heavy atom. The number of carboxylic acids is 2. The van der Waals surface area contributed by atoms with Crippen molar-refractivity contribution in [2.45, 2.75) is 0 Å². The first-order valence-electron chi connectivity index (χ1n) is 12.2. The van der Waals surface area contributed by atoms with E-state index in [9.17, 15) is 9.59 Å². The molecule has 0 saturated carbocycles. The van der Waals surface area contributed by atoms with Gasteiger partial charge in [-0.25, -0.2) is 15.4 Å². The molecule has 10 nitrogen and oxygen atoms in total. The van der Waals surface area contributed by atoms with Gasteiger partial charge in [-0.1, -0.05) is 12.1 Å². The van der Waals surface area contributed by atoms with Crippen LogP contribution >= 0.6 is 0 Å². The van der Waals surface area contributed by atoms with Crippen molar-refractivity contribution in [3.63, 3.8) is 0 Å². The molecule has 10 N–H and O–H groups in total. The number of hydrogen-bond donors (Lipinski definition) is 7. The van der Waals surface area contributed by atoms with Crippen LogP contribution < -0.4 is 27.6 Å². The number of hydrazine groups is 1. The number of nitrogens with zero attached hydrogens (tertiary/aromatic N) is 1. The van der Waals surface area contributed by atoms with Crippen molar-refractivity contribution in [3.05, 3.63) is 120 Å². The van der Waals surface area contributed by atoms with Crippen molar-refractivity contribution in [2.75, 3.05) is 10.3 Å². The van der Waals surface area contributed by atoms with Gasteiger partial charge in [0.2, 0.25) is 0 Å². The number of nitrogens with two attached hydrogens (primary N) is 3. The number of hydrogen-bond acceptors (Lipinski definition) is 7. The molecule has 0 saturated heterocycles. The third-order valence-corrected chi connectivity index (χ3v) is 6.48. The van der Waals surface area contributed by atoms with E-state index in [1.54, 1.807) is 36.7 Å². The van der Waals surface area contributed by atoms with E-state index in [2.05, 4.69) is 10.3 Å². The summed E-state index contributed by atoms with van der Waals surface area (Å²) < 4.78 is 0. The zero-order chi connectivity index (χ0) is 28.4. The predicted octanol–water partition coefficient (Wildman–Crippen LogP) is 4.72. The van der Waals surface area contributed by atoms with Crippen LogP contribution in [0.25, 0.3) is 33.2 Å². The number of H-pyrrole nitrogens is 1. The highest BCUT2D eigenvalue weighted by Crippen LogP contribution is 2.30. The maximum atomic E-state index is 11.1. The standard InChI is InChI=1S/C30H26N6O4/c31-25(15-34-21-7-1-17(2-8-21)29(37)38)19-5-11-27-23(13-19)24-14-20(6-12-28(24)35-27)26(32)16-36(33)22-9-3-18(4-10-22)30(39)40/h1-16,34-35H,31-33H2,(H,37,38)(H,39,40)/b25-15-,26-16-. The molecule has 1 aromatic heterocycles. The zero-order valence-corrected chi connectivity index (χ0v) is 21.1. The van der Waals surface area contributed by atoms with E-state index in [1.165, 1.54) is 29.3 Å². The van der Waals surface area contributed by atoms with Gasteiger partial charge in [0.05, 0.1) is 28.2 Å². The van der Waals surface area contributed by atoms with Crippen LogP contribution in [0.15, 0.2) is 97.3 Å². The number of benzene rings is 4. The van der Waals surface area contributed by atoms with Crippen LogP contribution in [0.5, 0.6) is 0 Å². The maximum absolute atomic E-state index is 11.1. The van der Waals surface area contributed by atoms with Crippen molar-refractivity contribution in [3.8, 4) is 0 Å². The van der Waals surface area contributed by atoms with E-state index in [1.807, 2.05) is 36.4 Å². The van der Waals surface area contributed by atoms with Crippen LogP contribution in [-0.2, 0) is 0 Å². The van der Waals surface area contributed by atoms with Gasteiger partial charge in [0.25, 0.3) is 0 Å². The molecule has 0 atom stereocenters. The first-order valence-corrected chi connectivity index (χ1v) is 12.2. The fourth-order valence-electron chi connectivity index (χ4n) is 4.28. The van der Waals surface area contributed by atoms with E-state index >= 15 is 0 Å². The Kier molecular flexibility index (Phi) is 6.83. The minimum Gasteiger partial charge on any atom is -0.478 e. The number of carbonyl (C=O) groups is 2. The Bertz CT molecular complexity index is 1800. The molecule has 5 aromatic rings. The fourth-order valence-corrected chi connectivity index (χ4v) is 4.28. The Balaban J connectivity index is 1.41. The zero-order valence-electron chi connectivity index (χ0n) is 21.1. The highest BCUT2D eigenvalue weighted by molar-refractivity contribution is 6.09. The molecule has 0 aliphatic carbocycles. The summed E-state index contributed by atoms with van der Waals surface area (Å²) in [7, 11) is 0. The van der Waals surface area contributed by atoms with Crippen molar-refractivity contribution < 1.29 is 19.8 Å². The second-order valence-electron chi connectivity index (χ2n) is 9.12. The number of nitrogens with one attached hydrogen (secondary N) is 2. The average Bonchev–Trinajstić information content (AvgIpc) is 3.33. The molecule has 0 fully saturated rings. The Morgan fingerprint density at radius 3 is 1.70 bits per heavy atom. The molecule has 0 bridgehead atoms. The van der Waals surface area contributed by atoms with Gasteiger partial charge in [0.15, 0.2) is 0 Å². The van der Waals surface area contributed by atoms with E-state index < -0.39 is 11.9 Å². The van der Waals surface area contributed by atoms with Gasteiger partial charge >= 0.3 is 11.9 Å². The molecule has 1 heterocycles. The Hall–Kier alpha value is -5.74. The lowest BCUT2D eigenvalue weighted by atomic mass is 10.0. The van der Waals surface area contributed by atoms with E-state index in [0.29, 0.717) is 22.8 Å². The van der Waals surface area contributed by atoms with Crippen LogP contribution in [0.3, 0.4) is 0 Å². The van der Waals surface area contributed by atoms with Crippen LogP contribution in [0.1, 0.15) is 31.8 Å². The second-order valence-corrected chi connectivity index (χ2v) is 9.12. The molecule has 0 aliphatic heterocycles. The van der Waals surface area contributed by atoms with Gasteiger partial charge in [0.1, 0.15) is 0 Å². The van der Waals surface area contributed by atoms with Gasteiger partial charge < -0.3 is 32.0 Å². The normalized spacial score (nSPS) is 12.0. The SMILES string of the molecule is N/C(=C\Nc1ccc(C(=O)O)cc1)c1ccc2[nH]c3ccc(/C(N)=C/N(N)c4ccc(C(=O)O)cc4)cc3c2c1. The smallest absolute Gasteiger partial charge is 0.335 e. The van der Waals surface area contributed by atoms with Crippen molar-refractivity contribution >= 4 is 56.5 Å². The van der Waals surface area contributed by atoms with Crippen LogP contribution in [0.2, 0.25) is 0 Å². The lowest BCUT2D eigenvalue weighted by Crippen LogP contribution is -2.25. The highest BCUT2D eigenvalue weighted by Gasteiger charge is 2.10. The first kappa shape index (κ1) is 25.9. The number of carboxylic acid groups (broad SMARTS) is 2.